The van der Waals surface area contributed by atoms with Crippen molar-refractivity contribution in [2.24, 2.45) is 5.73 Å². The third kappa shape index (κ3) is 5.48. The van der Waals surface area contributed by atoms with Crippen molar-refractivity contribution >= 4 is 5.78 Å². The number of hydrogen-bond acceptors (Lipinski definition) is 8. The molecule has 1 aliphatic carbocycles. The second-order valence-corrected chi connectivity index (χ2v) is 10.9. The topological polar surface area (TPSA) is 124 Å². The van der Waals surface area contributed by atoms with Crippen molar-refractivity contribution in [3.63, 3.8) is 0 Å². The summed E-state index contributed by atoms with van der Waals surface area (Å²) in [6, 6.07) is 12.6. The molecule has 3 aromatic rings. The first kappa shape index (κ1) is 27.1. The molecule has 1 fully saturated rings. The Morgan fingerprint density at radius 2 is 1.92 bits per heavy atom. The Hall–Kier alpha value is -3.53. The Morgan fingerprint density at radius 1 is 1.21 bits per heavy atom. The second-order valence-electron chi connectivity index (χ2n) is 10.9. The number of methoxy groups -OCH3 is 1. The van der Waals surface area contributed by atoms with Gasteiger partial charge < -0.3 is 30.2 Å². The molecule has 206 valence electrons. The van der Waals surface area contributed by atoms with E-state index >= 15 is 0 Å². The Labute approximate surface area is 226 Å². The highest BCUT2D eigenvalue weighted by atomic mass is 19.1. The van der Waals surface area contributed by atoms with E-state index in [4.69, 9.17) is 24.9 Å². The number of pyridine rings is 1. The van der Waals surface area contributed by atoms with Crippen LogP contribution in [0, 0.1) is 5.82 Å². The number of halogens is 1. The van der Waals surface area contributed by atoms with Crippen LogP contribution in [0.1, 0.15) is 61.1 Å². The summed E-state index contributed by atoms with van der Waals surface area (Å²) in [6.45, 7) is 3.69. The molecule has 0 saturated heterocycles. The summed E-state index contributed by atoms with van der Waals surface area (Å²) in [5.74, 6) is 0.903. The molecule has 2 aromatic carbocycles. The maximum atomic E-state index is 13.6. The van der Waals surface area contributed by atoms with Gasteiger partial charge in [0, 0.05) is 36.0 Å². The van der Waals surface area contributed by atoms with Gasteiger partial charge in [0.25, 0.3) is 0 Å². The highest BCUT2D eigenvalue weighted by Gasteiger charge is 2.38. The van der Waals surface area contributed by atoms with Crippen LogP contribution in [0.4, 0.5) is 4.39 Å². The average molecular weight is 537 g/mol. The van der Waals surface area contributed by atoms with E-state index in [1.54, 1.807) is 43.3 Å². The van der Waals surface area contributed by atoms with Gasteiger partial charge >= 0.3 is 0 Å². The summed E-state index contributed by atoms with van der Waals surface area (Å²) in [5.41, 5.74) is 6.78. The molecule has 0 amide bonds. The molecule has 2 unspecified atom stereocenters. The van der Waals surface area contributed by atoms with Crippen LogP contribution in [0.5, 0.6) is 17.2 Å². The van der Waals surface area contributed by atoms with E-state index in [1.807, 2.05) is 6.92 Å². The molecule has 5 rings (SSSR count). The highest BCUT2D eigenvalue weighted by molar-refractivity contribution is 5.96. The lowest BCUT2D eigenvalue weighted by Gasteiger charge is -2.32. The number of nitrogens with two attached hydrogens (primary N) is 1. The predicted molar refractivity (Wildman–Crippen MR) is 142 cm³/mol. The number of aliphatic hydroxyl groups excluding tert-OH is 1. The molecule has 39 heavy (non-hydrogen) atoms. The number of ketones is 1. The third-order valence-corrected chi connectivity index (χ3v) is 7.46. The minimum atomic E-state index is -1.46. The quantitative estimate of drug-likeness (QED) is 0.347. The van der Waals surface area contributed by atoms with E-state index in [9.17, 15) is 19.4 Å². The summed E-state index contributed by atoms with van der Waals surface area (Å²) < 4.78 is 30.7. The largest absolute Gasteiger partial charge is 0.493 e. The van der Waals surface area contributed by atoms with Crippen LogP contribution in [0.15, 0.2) is 48.5 Å². The van der Waals surface area contributed by atoms with Crippen molar-refractivity contribution in [3.05, 3.63) is 71.2 Å². The molecule has 0 spiro atoms. The van der Waals surface area contributed by atoms with Gasteiger partial charge in [-0.05, 0) is 68.8 Å². The standard InChI is InChI=1S/C30H33FN2O6/c1-29(32)16-38-28-22(29)15-26(33-27(28)17-4-7-19(31)8-5-17)30(2,36)11-10-23(35)18-6-9-24(25(12-18)37-3)39-21-13-20(34)14-21/h4-9,12,15,20-21,34,36H,10-11,13-14,16,32H2,1-3H3. The zero-order valence-corrected chi connectivity index (χ0v) is 22.2. The third-order valence-electron chi connectivity index (χ3n) is 7.46. The average Bonchev–Trinajstić information content (AvgIpc) is 3.21. The molecular weight excluding hydrogens is 503 g/mol. The van der Waals surface area contributed by atoms with Gasteiger partial charge in [0.15, 0.2) is 23.0 Å². The highest BCUT2D eigenvalue weighted by Crippen LogP contribution is 2.44. The van der Waals surface area contributed by atoms with Crippen LogP contribution in [0.3, 0.4) is 0 Å². The monoisotopic (exact) mass is 536 g/mol. The SMILES string of the molecule is COc1cc(C(=O)CCC(C)(O)c2cc3c(c(-c4ccc(F)cc4)n2)OCC3(C)N)ccc1OC1CC(O)C1. The molecule has 2 aliphatic rings. The Kier molecular flexibility index (Phi) is 7.09. The van der Waals surface area contributed by atoms with Crippen LogP contribution in [-0.2, 0) is 11.1 Å². The van der Waals surface area contributed by atoms with Gasteiger partial charge in [0.2, 0.25) is 0 Å². The Balaban J connectivity index is 1.36. The lowest BCUT2D eigenvalue weighted by atomic mass is 9.88. The van der Waals surface area contributed by atoms with Crippen molar-refractivity contribution in [1.82, 2.24) is 4.98 Å². The molecule has 2 atom stereocenters. The molecular formula is C30H33FN2O6. The van der Waals surface area contributed by atoms with Gasteiger partial charge in [-0.25, -0.2) is 9.37 Å². The van der Waals surface area contributed by atoms with E-state index in [1.165, 1.54) is 19.2 Å². The second kappa shape index (κ2) is 10.2. The van der Waals surface area contributed by atoms with Gasteiger partial charge in [0.05, 0.1) is 24.4 Å². The molecule has 2 heterocycles. The first-order chi connectivity index (χ1) is 18.5. The summed E-state index contributed by atoms with van der Waals surface area (Å²) in [7, 11) is 1.50. The van der Waals surface area contributed by atoms with Crippen molar-refractivity contribution < 1.29 is 33.6 Å². The molecule has 4 N–H and O–H groups in total. The normalized spacial score (nSPS) is 23.3. The molecule has 1 aromatic heterocycles. The minimum absolute atomic E-state index is 0.0478. The number of carbonyl (C=O) groups excluding carboxylic acids is 1. The number of hydrogen-bond donors (Lipinski definition) is 3. The molecule has 8 nitrogen and oxygen atoms in total. The first-order valence-corrected chi connectivity index (χ1v) is 13.0. The first-order valence-electron chi connectivity index (χ1n) is 13.0. The van der Waals surface area contributed by atoms with Crippen molar-refractivity contribution in [2.45, 2.75) is 62.9 Å². The number of aromatic nitrogens is 1. The predicted octanol–water partition coefficient (Wildman–Crippen LogP) is 4.24. The lowest BCUT2D eigenvalue weighted by molar-refractivity contribution is -0.0118. The van der Waals surface area contributed by atoms with Gasteiger partial charge in [-0.2, -0.15) is 0 Å². The fourth-order valence-corrected chi connectivity index (χ4v) is 4.86. The Bertz CT molecular complexity index is 1380. The maximum Gasteiger partial charge on any atom is 0.163 e. The van der Waals surface area contributed by atoms with E-state index in [0.29, 0.717) is 58.2 Å². The fourth-order valence-electron chi connectivity index (χ4n) is 4.86. The number of ether oxygens (including phenoxy) is 3. The van der Waals surface area contributed by atoms with Crippen molar-refractivity contribution in [3.8, 4) is 28.5 Å². The zero-order chi connectivity index (χ0) is 27.9. The summed E-state index contributed by atoms with van der Waals surface area (Å²) >= 11 is 0. The fraction of sp³-hybridized carbons (Fsp3) is 0.400. The number of rotatable bonds is 9. The number of benzene rings is 2. The number of Topliss-reactive ketones (excluding diaryl/α,β-unsaturated/α-hetero) is 1. The molecule has 9 heteroatoms. The van der Waals surface area contributed by atoms with Gasteiger partial charge in [-0.3, -0.25) is 4.79 Å². The number of nitrogens with zero attached hydrogens (tertiary/aromatic N) is 1. The van der Waals surface area contributed by atoms with Crippen LogP contribution in [0.2, 0.25) is 0 Å². The van der Waals surface area contributed by atoms with Crippen LogP contribution >= 0.6 is 0 Å². The molecule has 1 aliphatic heterocycles. The van der Waals surface area contributed by atoms with Crippen LogP contribution in [-0.4, -0.2) is 46.9 Å². The van der Waals surface area contributed by atoms with E-state index in [0.717, 1.165) is 0 Å². The smallest absolute Gasteiger partial charge is 0.163 e. The van der Waals surface area contributed by atoms with E-state index in [2.05, 4.69) is 0 Å². The van der Waals surface area contributed by atoms with Gasteiger partial charge in [-0.1, -0.05) is 0 Å². The minimum Gasteiger partial charge on any atom is -0.493 e. The number of fused-ring (bicyclic) bond motifs is 1. The summed E-state index contributed by atoms with van der Waals surface area (Å²) in [6.07, 6.45) is 0.857. The lowest BCUT2D eigenvalue weighted by Crippen LogP contribution is -2.37. The van der Waals surface area contributed by atoms with Crippen molar-refractivity contribution in [2.75, 3.05) is 13.7 Å². The molecule has 0 bridgehead atoms. The number of carbonyl (C=O) groups is 1. The van der Waals surface area contributed by atoms with E-state index < -0.39 is 11.1 Å². The summed E-state index contributed by atoms with van der Waals surface area (Å²) in [4.78, 5) is 17.8. The van der Waals surface area contributed by atoms with Crippen LogP contribution in [0.25, 0.3) is 11.3 Å². The van der Waals surface area contributed by atoms with Crippen LogP contribution < -0.4 is 19.9 Å². The zero-order valence-electron chi connectivity index (χ0n) is 22.2. The van der Waals surface area contributed by atoms with Gasteiger partial charge in [0.1, 0.15) is 29.8 Å². The molecule has 0 radical (unpaired) electrons. The molecule has 1 saturated carbocycles. The Morgan fingerprint density at radius 3 is 2.59 bits per heavy atom. The van der Waals surface area contributed by atoms with Gasteiger partial charge in [-0.15, -0.1) is 0 Å². The number of aliphatic hydroxyl groups is 2. The van der Waals surface area contributed by atoms with Crippen molar-refractivity contribution in [1.29, 1.82) is 0 Å². The maximum absolute atomic E-state index is 13.6. The summed E-state index contributed by atoms with van der Waals surface area (Å²) in [5, 5.41) is 21.0. The van der Waals surface area contributed by atoms with E-state index in [-0.39, 0.29) is 43.3 Å².